The van der Waals surface area contributed by atoms with Gasteiger partial charge in [0.05, 0.1) is 30.6 Å². The lowest BCUT2D eigenvalue weighted by Crippen LogP contribution is -2.32. The lowest BCUT2D eigenvalue weighted by atomic mass is 10.5. The molecule has 1 rings (SSSR count). The second kappa shape index (κ2) is 6.97. The molecule has 0 radical (unpaired) electrons. The van der Waals surface area contributed by atoms with Gasteiger partial charge in [-0.2, -0.15) is 0 Å². The average Bonchev–Trinajstić information content (AvgIpc) is 2.29. The topological polar surface area (TPSA) is 76.1 Å². The van der Waals surface area contributed by atoms with Gasteiger partial charge in [-0.3, -0.25) is 4.79 Å². The summed E-state index contributed by atoms with van der Waals surface area (Å²) in [5.41, 5.74) is 0. The molecule has 88 valence electrons. The van der Waals surface area contributed by atoms with Crippen LogP contribution in [0.3, 0.4) is 0 Å². The zero-order valence-electron chi connectivity index (χ0n) is 8.86. The van der Waals surface area contributed by atoms with E-state index in [9.17, 15) is 4.79 Å². The second-order valence-electron chi connectivity index (χ2n) is 2.92. The van der Waals surface area contributed by atoms with Crippen molar-refractivity contribution in [2.45, 2.75) is 0 Å². The number of carbonyl (C=O) groups excluding carboxylic acids is 1. The van der Waals surface area contributed by atoms with E-state index in [4.69, 9.17) is 16.3 Å². The van der Waals surface area contributed by atoms with Crippen LogP contribution in [-0.2, 0) is 9.53 Å². The molecule has 0 aromatic carbocycles. The predicted molar refractivity (Wildman–Crippen MR) is 60.4 cm³/mol. The van der Waals surface area contributed by atoms with Crippen LogP contribution < -0.4 is 10.6 Å². The maximum absolute atomic E-state index is 11.2. The number of halogens is 1. The monoisotopic (exact) mass is 244 g/mol. The number of carbonyl (C=O) groups is 1. The molecule has 1 heterocycles. The average molecular weight is 245 g/mol. The minimum atomic E-state index is -0.143. The number of aromatic nitrogens is 2. The fourth-order valence-corrected chi connectivity index (χ4v) is 1.02. The molecule has 0 aliphatic carbocycles. The van der Waals surface area contributed by atoms with E-state index in [1.165, 1.54) is 12.4 Å². The number of hydrogen-bond donors (Lipinski definition) is 2. The van der Waals surface area contributed by atoms with Gasteiger partial charge in [0.25, 0.3) is 0 Å². The molecular weight excluding hydrogens is 232 g/mol. The highest BCUT2D eigenvalue weighted by Crippen LogP contribution is 2.04. The normalized spacial score (nSPS) is 9.88. The Hall–Kier alpha value is -1.40. The van der Waals surface area contributed by atoms with Crippen LogP contribution in [0.4, 0.5) is 5.95 Å². The van der Waals surface area contributed by atoms with Crippen LogP contribution in [0.1, 0.15) is 0 Å². The summed E-state index contributed by atoms with van der Waals surface area (Å²) in [5, 5.41) is 5.88. The van der Waals surface area contributed by atoms with Crippen molar-refractivity contribution < 1.29 is 9.53 Å². The number of methoxy groups -OCH3 is 1. The van der Waals surface area contributed by atoms with Crippen LogP contribution in [0.2, 0.25) is 5.02 Å². The van der Waals surface area contributed by atoms with Crippen LogP contribution in [-0.4, -0.2) is 42.7 Å². The molecule has 1 amide bonds. The molecule has 2 N–H and O–H groups in total. The summed E-state index contributed by atoms with van der Waals surface area (Å²) < 4.78 is 4.79. The standard InChI is InChI=1S/C9H13ClN4O2/c1-16-3-2-11-8(15)6-14-9-12-4-7(10)5-13-9/h4-5H,2-3,6H2,1H3,(H,11,15)(H,12,13,14). The van der Waals surface area contributed by atoms with Gasteiger partial charge in [-0.1, -0.05) is 11.6 Å². The maximum Gasteiger partial charge on any atom is 0.239 e. The Morgan fingerprint density at radius 3 is 2.81 bits per heavy atom. The lowest BCUT2D eigenvalue weighted by molar-refractivity contribution is -0.119. The van der Waals surface area contributed by atoms with Crippen LogP contribution in [0.25, 0.3) is 0 Å². The first-order valence-electron chi connectivity index (χ1n) is 4.69. The minimum absolute atomic E-state index is 0.116. The molecule has 0 bridgehead atoms. The highest BCUT2D eigenvalue weighted by Gasteiger charge is 2.01. The summed E-state index contributed by atoms with van der Waals surface area (Å²) in [6.07, 6.45) is 2.92. The van der Waals surface area contributed by atoms with E-state index in [1.54, 1.807) is 7.11 Å². The number of nitrogens with one attached hydrogen (secondary N) is 2. The number of anilines is 1. The number of hydrogen-bond acceptors (Lipinski definition) is 5. The fraction of sp³-hybridized carbons (Fsp3) is 0.444. The van der Waals surface area contributed by atoms with E-state index >= 15 is 0 Å². The molecule has 1 aromatic rings. The van der Waals surface area contributed by atoms with Crippen molar-refractivity contribution in [2.24, 2.45) is 0 Å². The predicted octanol–water partition coefficient (Wildman–Crippen LogP) is 0.304. The molecule has 0 aliphatic heterocycles. The first kappa shape index (κ1) is 12.7. The number of nitrogens with zero attached hydrogens (tertiary/aromatic N) is 2. The Morgan fingerprint density at radius 1 is 1.50 bits per heavy atom. The van der Waals surface area contributed by atoms with Crippen molar-refractivity contribution in [3.05, 3.63) is 17.4 Å². The first-order valence-corrected chi connectivity index (χ1v) is 5.07. The van der Waals surface area contributed by atoms with Gasteiger partial charge in [-0.15, -0.1) is 0 Å². The van der Waals surface area contributed by atoms with E-state index in [-0.39, 0.29) is 12.5 Å². The third-order valence-corrected chi connectivity index (χ3v) is 1.85. The maximum atomic E-state index is 11.2. The smallest absolute Gasteiger partial charge is 0.239 e. The summed E-state index contributed by atoms with van der Waals surface area (Å²) in [4.78, 5) is 19.0. The SMILES string of the molecule is COCCNC(=O)CNc1ncc(Cl)cn1. The molecular formula is C9H13ClN4O2. The van der Waals surface area contributed by atoms with Crippen molar-refractivity contribution in [3.63, 3.8) is 0 Å². The van der Waals surface area contributed by atoms with Crippen molar-refractivity contribution >= 4 is 23.5 Å². The molecule has 0 saturated carbocycles. The molecule has 0 unspecified atom stereocenters. The fourth-order valence-electron chi connectivity index (χ4n) is 0.918. The van der Waals surface area contributed by atoms with Crippen LogP contribution in [0, 0.1) is 0 Å². The molecule has 0 fully saturated rings. The first-order chi connectivity index (χ1) is 7.72. The van der Waals surface area contributed by atoms with Crippen molar-refractivity contribution in [1.82, 2.24) is 15.3 Å². The van der Waals surface area contributed by atoms with Crippen molar-refractivity contribution in [3.8, 4) is 0 Å². The second-order valence-corrected chi connectivity index (χ2v) is 3.36. The highest BCUT2D eigenvalue weighted by molar-refractivity contribution is 6.30. The molecule has 0 spiro atoms. The summed E-state index contributed by atoms with van der Waals surface area (Å²) in [7, 11) is 1.58. The van der Waals surface area contributed by atoms with Gasteiger partial charge in [-0.25, -0.2) is 9.97 Å². The molecule has 1 aromatic heterocycles. The van der Waals surface area contributed by atoms with Gasteiger partial charge in [0.15, 0.2) is 0 Å². The third kappa shape index (κ3) is 4.90. The zero-order valence-corrected chi connectivity index (χ0v) is 9.62. The van der Waals surface area contributed by atoms with E-state index < -0.39 is 0 Å². The Morgan fingerprint density at radius 2 is 2.19 bits per heavy atom. The minimum Gasteiger partial charge on any atom is -0.383 e. The number of amides is 1. The largest absolute Gasteiger partial charge is 0.383 e. The van der Waals surface area contributed by atoms with E-state index in [2.05, 4.69) is 20.6 Å². The van der Waals surface area contributed by atoms with Gasteiger partial charge in [0.1, 0.15) is 0 Å². The van der Waals surface area contributed by atoms with Gasteiger partial charge in [0.2, 0.25) is 11.9 Å². The summed E-state index contributed by atoms with van der Waals surface area (Å²) in [6.45, 7) is 1.09. The molecule has 6 nitrogen and oxygen atoms in total. The number of rotatable bonds is 6. The Balaban J connectivity index is 2.23. The van der Waals surface area contributed by atoms with Crippen molar-refractivity contribution in [2.75, 3.05) is 32.1 Å². The summed E-state index contributed by atoms with van der Waals surface area (Å²) in [5.74, 6) is 0.224. The summed E-state index contributed by atoms with van der Waals surface area (Å²) in [6, 6.07) is 0. The summed E-state index contributed by atoms with van der Waals surface area (Å²) >= 11 is 5.61. The lowest BCUT2D eigenvalue weighted by Gasteiger charge is -2.05. The Kier molecular flexibility index (Phi) is 5.52. The Bertz CT molecular complexity index is 331. The van der Waals surface area contributed by atoms with Crippen LogP contribution in [0.5, 0.6) is 0 Å². The molecule has 0 aliphatic rings. The Labute approximate surface area is 98.4 Å². The van der Waals surface area contributed by atoms with E-state index in [0.717, 1.165) is 0 Å². The van der Waals surface area contributed by atoms with Gasteiger partial charge in [-0.05, 0) is 0 Å². The van der Waals surface area contributed by atoms with E-state index in [0.29, 0.717) is 24.1 Å². The van der Waals surface area contributed by atoms with E-state index in [1.807, 2.05) is 0 Å². The molecule has 7 heteroatoms. The third-order valence-electron chi connectivity index (χ3n) is 1.66. The van der Waals surface area contributed by atoms with Gasteiger partial charge >= 0.3 is 0 Å². The van der Waals surface area contributed by atoms with Crippen molar-refractivity contribution in [1.29, 1.82) is 0 Å². The van der Waals surface area contributed by atoms with Crippen LogP contribution >= 0.6 is 11.6 Å². The van der Waals surface area contributed by atoms with Gasteiger partial charge < -0.3 is 15.4 Å². The zero-order chi connectivity index (χ0) is 11.8. The van der Waals surface area contributed by atoms with Gasteiger partial charge in [0, 0.05) is 13.7 Å². The number of ether oxygens (including phenoxy) is 1. The quantitative estimate of drug-likeness (QED) is 0.704. The molecule has 0 saturated heterocycles. The highest BCUT2D eigenvalue weighted by atomic mass is 35.5. The molecule has 16 heavy (non-hydrogen) atoms. The van der Waals surface area contributed by atoms with Crippen LogP contribution in [0.15, 0.2) is 12.4 Å². The molecule has 0 atom stereocenters.